The van der Waals surface area contributed by atoms with Gasteiger partial charge in [-0.2, -0.15) is 0 Å². The molecule has 0 unspecified atom stereocenters. The van der Waals surface area contributed by atoms with Crippen molar-refractivity contribution in [2.45, 2.75) is 118 Å². The van der Waals surface area contributed by atoms with E-state index in [0.29, 0.717) is 15.6 Å². The fourth-order valence-electron chi connectivity index (χ4n) is 2.84. The first kappa shape index (κ1) is 30.8. The Labute approximate surface area is 223 Å². The zero-order valence-electron chi connectivity index (χ0n) is 24.2. The third-order valence-electron chi connectivity index (χ3n) is 5.09. The predicted molar refractivity (Wildman–Crippen MR) is 141 cm³/mol. The summed E-state index contributed by atoms with van der Waals surface area (Å²) in [4.78, 5) is 44.5. The Balaban J connectivity index is 2.59. The predicted octanol–water partition coefficient (Wildman–Crippen LogP) is 5.27. The molecule has 208 valence electrons. The maximum Gasteiger partial charge on any atom is 0.515 e. The zero-order valence-corrected chi connectivity index (χ0v) is 25.0. The number of amides is 3. The maximum absolute atomic E-state index is 13.4. The lowest BCUT2D eigenvalue weighted by atomic mass is 9.86. The molecule has 0 aromatic carbocycles. The Hall–Kier alpha value is -2.38. The molecule has 1 aliphatic heterocycles. The number of rotatable bonds is 2. The summed E-state index contributed by atoms with van der Waals surface area (Å²) in [5, 5.41) is 2.75. The van der Waals surface area contributed by atoms with Crippen molar-refractivity contribution in [3.05, 3.63) is 5.38 Å². The van der Waals surface area contributed by atoms with E-state index < -0.39 is 53.4 Å². The SMILES string of the molecule is CC(C)(C)OC(=O)N(C(=O)OC(C)(C)C)N(C(=O)OC(C)(C)C)c1nc(B2OC(C)(C)C(C)(C)O2)cs1. The van der Waals surface area contributed by atoms with Crippen molar-refractivity contribution in [3.63, 3.8) is 0 Å². The molecule has 1 aromatic rings. The standard InChI is InChI=1S/C24H40BN3O8S/c1-20(2,3)32-17(29)27(28(18(30)33-21(4,5)6)19(31)34-22(7,8)9)16-26-15(14-37-16)25-35-23(10,11)24(12,13)36-25/h14H,1-13H3. The molecule has 0 spiro atoms. The number of nitrogens with zero attached hydrogens (tertiary/aromatic N) is 3. The van der Waals surface area contributed by atoms with Crippen LogP contribution in [0.5, 0.6) is 0 Å². The van der Waals surface area contributed by atoms with Gasteiger partial charge < -0.3 is 23.5 Å². The number of carbonyl (C=O) groups excluding carboxylic acids is 3. The average Bonchev–Trinajstić information content (AvgIpc) is 3.17. The normalized spacial score (nSPS) is 17.3. The second-order valence-electron chi connectivity index (χ2n) is 12.7. The van der Waals surface area contributed by atoms with E-state index in [1.165, 1.54) is 0 Å². The van der Waals surface area contributed by atoms with Crippen molar-refractivity contribution >= 4 is 47.5 Å². The molecular weight excluding hydrogens is 501 g/mol. The molecule has 1 fully saturated rings. The van der Waals surface area contributed by atoms with Gasteiger partial charge in [-0.3, -0.25) is 0 Å². The molecule has 0 aliphatic carbocycles. The van der Waals surface area contributed by atoms with Gasteiger partial charge in [0.2, 0.25) is 5.13 Å². The number of ether oxygens (including phenoxy) is 3. The molecule has 0 N–H and O–H groups in total. The van der Waals surface area contributed by atoms with Crippen molar-refractivity contribution in [1.82, 2.24) is 9.99 Å². The Morgan fingerprint density at radius 1 is 0.784 bits per heavy atom. The number of anilines is 1. The molecule has 0 saturated carbocycles. The molecule has 0 radical (unpaired) electrons. The van der Waals surface area contributed by atoms with Crippen LogP contribution in [-0.2, 0) is 23.5 Å². The van der Waals surface area contributed by atoms with Crippen LogP contribution < -0.4 is 10.6 Å². The van der Waals surface area contributed by atoms with Crippen LogP contribution in [0.25, 0.3) is 0 Å². The molecule has 3 amide bonds. The van der Waals surface area contributed by atoms with Gasteiger partial charge >= 0.3 is 25.4 Å². The highest BCUT2D eigenvalue weighted by atomic mass is 32.1. The smallest absolute Gasteiger partial charge is 0.442 e. The number of carbonyl (C=O) groups is 3. The number of hydrogen-bond donors (Lipinski definition) is 0. The second-order valence-corrected chi connectivity index (χ2v) is 13.5. The first-order chi connectivity index (χ1) is 16.4. The van der Waals surface area contributed by atoms with E-state index in [0.717, 1.165) is 11.3 Å². The van der Waals surface area contributed by atoms with Crippen molar-refractivity contribution in [2.75, 3.05) is 5.01 Å². The molecule has 13 heteroatoms. The number of hydrogen-bond acceptors (Lipinski definition) is 10. The summed E-state index contributed by atoms with van der Waals surface area (Å²) in [5.41, 5.74) is -3.78. The average molecular weight is 541 g/mol. The van der Waals surface area contributed by atoms with E-state index in [1.54, 1.807) is 67.7 Å². The minimum absolute atomic E-state index is 0.0457. The van der Waals surface area contributed by atoms with Gasteiger partial charge in [-0.15, -0.1) is 21.4 Å². The monoisotopic (exact) mass is 541 g/mol. The zero-order chi connectivity index (χ0) is 28.8. The third-order valence-corrected chi connectivity index (χ3v) is 5.92. The highest BCUT2D eigenvalue weighted by molar-refractivity contribution is 7.14. The lowest BCUT2D eigenvalue weighted by molar-refractivity contribution is -0.00667. The summed E-state index contributed by atoms with van der Waals surface area (Å²) in [7, 11) is -0.827. The van der Waals surface area contributed by atoms with Gasteiger partial charge in [0, 0.05) is 5.38 Å². The first-order valence-corrected chi connectivity index (χ1v) is 12.9. The summed E-state index contributed by atoms with van der Waals surface area (Å²) in [6.07, 6.45) is -3.31. The molecular formula is C24H40BN3O8S. The lowest BCUT2D eigenvalue weighted by Crippen LogP contribution is -2.57. The minimum atomic E-state index is -1.14. The largest absolute Gasteiger partial charge is 0.515 e. The fraction of sp³-hybridized carbons (Fsp3) is 0.750. The Bertz CT molecular complexity index is 976. The second kappa shape index (κ2) is 10.1. The van der Waals surface area contributed by atoms with Crippen LogP contribution >= 0.6 is 11.3 Å². The number of aromatic nitrogens is 1. The molecule has 37 heavy (non-hydrogen) atoms. The summed E-state index contributed by atoms with van der Waals surface area (Å²) >= 11 is 0.995. The molecule has 1 aliphatic rings. The van der Waals surface area contributed by atoms with Gasteiger partial charge in [0.1, 0.15) is 16.8 Å². The first-order valence-electron chi connectivity index (χ1n) is 12.0. The van der Waals surface area contributed by atoms with E-state index in [4.69, 9.17) is 23.5 Å². The van der Waals surface area contributed by atoms with Gasteiger partial charge in [-0.1, -0.05) is 0 Å². The lowest BCUT2D eigenvalue weighted by Gasteiger charge is -2.34. The van der Waals surface area contributed by atoms with Gasteiger partial charge in [-0.05, 0) is 90.0 Å². The summed E-state index contributed by atoms with van der Waals surface area (Å²) in [5.74, 6) is 0. The van der Waals surface area contributed by atoms with E-state index >= 15 is 0 Å². The highest BCUT2D eigenvalue weighted by Crippen LogP contribution is 2.37. The van der Waals surface area contributed by atoms with E-state index in [1.807, 2.05) is 27.7 Å². The molecule has 0 atom stereocenters. The van der Waals surface area contributed by atoms with Crippen molar-refractivity contribution in [1.29, 1.82) is 0 Å². The fourth-order valence-corrected chi connectivity index (χ4v) is 3.65. The summed E-state index contributed by atoms with van der Waals surface area (Å²) in [6.45, 7) is 22.4. The Morgan fingerprint density at radius 2 is 1.16 bits per heavy atom. The van der Waals surface area contributed by atoms with E-state index in [2.05, 4.69) is 4.98 Å². The number of hydrazine groups is 1. The molecule has 2 rings (SSSR count). The van der Waals surface area contributed by atoms with Crippen LogP contribution in [0, 0.1) is 0 Å². The molecule has 11 nitrogen and oxygen atoms in total. The Kier molecular flexibility index (Phi) is 8.39. The summed E-state index contributed by atoms with van der Waals surface area (Å²) < 4.78 is 28.5. The van der Waals surface area contributed by atoms with Crippen LogP contribution in [0.1, 0.15) is 90.0 Å². The maximum atomic E-state index is 13.4. The van der Waals surface area contributed by atoms with Crippen LogP contribution in [-0.4, -0.2) is 63.4 Å². The van der Waals surface area contributed by atoms with Crippen molar-refractivity contribution in [2.24, 2.45) is 0 Å². The summed E-state index contributed by atoms with van der Waals surface area (Å²) in [6, 6.07) is 0. The molecule has 1 saturated heterocycles. The van der Waals surface area contributed by atoms with Crippen LogP contribution in [0.15, 0.2) is 5.38 Å². The topological polar surface area (TPSA) is 117 Å². The van der Waals surface area contributed by atoms with Gasteiger partial charge in [0.25, 0.3) is 0 Å². The Morgan fingerprint density at radius 3 is 1.54 bits per heavy atom. The van der Waals surface area contributed by atoms with E-state index in [9.17, 15) is 14.4 Å². The quantitative estimate of drug-likeness (QED) is 0.280. The highest BCUT2D eigenvalue weighted by Gasteiger charge is 2.53. The van der Waals surface area contributed by atoms with Crippen molar-refractivity contribution < 1.29 is 37.9 Å². The van der Waals surface area contributed by atoms with Crippen LogP contribution in [0.4, 0.5) is 19.5 Å². The van der Waals surface area contributed by atoms with Crippen molar-refractivity contribution in [3.8, 4) is 0 Å². The molecule has 1 aromatic heterocycles. The third kappa shape index (κ3) is 8.05. The van der Waals surface area contributed by atoms with Crippen LogP contribution in [0.2, 0.25) is 0 Å². The van der Waals surface area contributed by atoms with Gasteiger partial charge in [0.05, 0.1) is 16.8 Å². The molecule has 0 bridgehead atoms. The van der Waals surface area contributed by atoms with Crippen LogP contribution in [0.3, 0.4) is 0 Å². The van der Waals surface area contributed by atoms with Gasteiger partial charge in [-0.25, -0.2) is 19.4 Å². The van der Waals surface area contributed by atoms with Gasteiger partial charge in [0.15, 0.2) is 0 Å². The number of imide groups is 1. The van der Waals surface area contributed by atoms with E-state index in [-0.39, 0.29) is 5.13 Å². The minimum Gasteiger partial charge on any atom is -0.442 e. The number of thiazole rings is 1. The molecule has 2 heterocycles.